The standard InChI is InChI=1S/C11H13Cl2NO2S/c1-10(16,8-3-2-4-17-8)6-14-9(15)7-5-11(7,12)13/h2-4,7,16H,5-6H2,1H3,(H,14,15)/t7-,10-/m1/s1. The second-order valence-corrected chi connectivity index (χ2v) is 6.98. The molecule has 1 aliphatic rings. The maximum Gasteiger partial charge on any atom is 0.226 e. The van der Waals surface area contributed by atoms with Crippen LogP contribution in [-0.2, 0) is 10.4 Å². The van der Waals surface area contributed by atoms with Gasteiger partial charge in [-0.1, -0.05) is 6.07 Å². The van der Waals surface area contributed by atoms with Crippen LogP contribution in [0.15, 0.2) is 17.5 Å². The van der Waals surface area contributed by atoms with Gasteiger partial charge in [0.25, 0.3) is 0 Å². The van der Waals surface area contributed by atoms with E-state index in [1.165, 1.54) is 11.3 Å². The van der Waals surface area contributed by atoms with Gasteiger partial charge in [-0.2, -0.15) is 0 Å². The molecule has 0 aromatic carbocycles. The highest BCUT2D eigenvalue weighted by Gasteiger charge is 2.56. The zero-order valence-corrected chi connectivity index (χ0v) is 11.6. The number of amides is 1. The molecular weight excluding hydrogens is 281 g/mol. The highest BCUT2D eigenvalue weighted by atomic mass is 35.5. The van der Waals surface area contributed by atoms with Gasteiger partial charge in [0.1, 0.15) is 9.93 Å². The average molecular weight is 294 g/mol. The lowest BCUT2D eigenvalue weighted by molar-refractivity contribution is -0.123. The molecule has 1 aromatic heterocycles. The first-order chi connectivity index (χ1) is 7.83. The lowest BCUT2D eigenvalue weighted by Gasteiger charge is -2.22. The summed E-state index contributed by atoms with van der Waals surface area (Å²) in [6.07, 6.45) is 0.475. The van der Waals surface area contributed by atoms with Gasteiger partial charge < -0.3 is 10.4 Å². The van der Waals surface area contributed by atoms with Crippen LogP contribution in [0.4, 0.5) is 0 Å². The molecule has 1 saturated carbocycles. The van der Waals surface area contributed by atoms with Crippen LogP contribution in [0.2, 0.25) is 0 Å². The molecular formula is C11H13Cl2NO2S. The number of hydrogen-bond acceptors (Lipinski definition) is 3. The largest absolute Gasteiger partial charge is 0.383 e. The van der Waals surface area contributed by atoms with Crippen LogP contribution in [0.5, 0.6) is 0 Å². The van der Waals surface area contributed by atoms with E-state index in [2.05, 4.69) is 5.32 Å². The Morgan fingerprint density at radius 1 is 1.76 bits per heavy atom. The Hall–Kier alpha value is -0.290. The monoisotopic (exact) mass is 293 g/mol. The van der Waals surface area contributed by atoms with Gasteiger partial charge in [-0.15, -0.1) is 34.5 Å². The predicted molar refractivity (Wildman–Crippen MR) is 69.4 cm³/mol. The summed E-state index contributed by atoms with van der Waals surface area (Å²) in [4.78, 5) is 12.5. The summed E-state index contributed by atoms with van der Waals surface area (Å²) in [6.45, 7) is 1.83. The fraction of sp³-hybridized carbons (Fsp3) is 0.545. The van der Waals surface area contributed by atoms with E-state index in [0.717, 1.165) is 4.88 Å². The maximum absolute atomic E-state index is 11.6. The van der Waals surface area contributed by atoms with Gasteiger partial charge in [-0.05, 0) is 24.8 Å². The van der Waals surface area contributed by atoms with Crippen molar-refractivity contribution in [3.8, 4) is 0 Å². The third-order valence-corrected chi connectivity index (χ3v) is 4.76. The quantitative estimate of drug-likeness (QED) is 0.837. The van der Waals surface area contributed by atoms with E-state index < -0.39 is 9.93 Å². The lowest BCUT2D eigenvalue weighted by Crippen LogP contribution is -2.39. The molecule has 17 heavy (non-hydrogen) atoms. The minimum absolute atomic E-state index is 0.159. The molecule has 94 valence electrons. The molecule has 0 radical (unpaired) electrons. The van der Waals surface area contributed by atoms with Crippen LogP contribution >= 0.6 is 34.5 Å². The van der Waals surface area contributed by atoms with Crippen molar-refractivity contribution in [2.45, 2.75) is 23.3 Å². The Balaban J connectivity index is 1.88. The molecule has 1 aromatic rings. The Morgan fingerprint density at radius 3 is 2.88 bits per heavy atom. The van der Waals surface area contributed by atoms with Gasteiger partial charge in [-0.25, -0.2) is 0 Å². The van der Waals surface area contributed by atoms with Crippen molar-refractivity contribution in [3.63, 3.8) is 0 Å². The SMILES string of the molecule is C[C@@](O)(CNC(=O)[C@H]1CC1(Cl)Cl)c1cccs1. The number of thiophene rings is 1. The minimum atomic E-state index is -1.06. The van der Waals surface area contributed by atoms with E-state index in [1.807, 2.05) is 17.5 Å². The summed E-state index contributed by atoms with van der Waals surface area (Å²) < 4.78 is -0.918. The Bertz CT molecular complexity index is 417. The summed E-state index contributed by atoms with van der Waals surface area (Å²) >= 11 is 13.0. The summed E-state index contributed by atoms with van der Waals surface area (Å²) in [5, 5.41) is 14.7. The van der Waals surface area contributed by atoms with E-state index in [-0.39, 0.29) is 18.4 Å². The normalized spacial score (nSPS) is 25.1. The van der Waals surface area contributed by atoms with Gasteiger partial charge in [0.05, 0.1) is 12.5 Å². The smallest absolute Gasteiger partial charge is 0.226 e. The second kappa shape index (κ2) is 4.43. The maximum atomic E-state index is 11.6. The fourth-order valence-corrected chi connectivity index (χ4v) is 2.85. The molecule has 2 rings (SSSR count). The number of halogens is 2. The first-order valence-corrected chi connectivity index (χ1v) is 6.88. The Kier molecular flexibility index (Phi) is 3.42. The van der Waals surface area contributed by atoms with E-state index in [9.17, 15) is 9.90 Å². The average Bonchev–Trinajstić information content (AvgIpc) is 2.73. The lowest BCUT2D eigenvalue weighted by atomic mass is 10.1. The number of carbonyl (C=O) groups is 1. The second-order valence-electron chi connectivity index (χ2n) is 4.49. The number of carbonyl (C=O) groups excluding carboxylic acids is 1. The van der Waals surface area contributed by atoms with Crippen molar-refractivity contribution >= 4 is 40.4 Å². The molecule has 1 fully saturated rings. The number of nitrogens with one attached hydrogen (secondary N) is 1. The van der Waals surface area contributed by atoms with Gasteiger partial charge in [0.2, 0.25) is 5.91 Å². The first-order valence-electron chi connectivity index (χ1n) is 5.25. The molecule has 1 amide bonds. The molecule has 0 saturated heterocycles. The molecule has 6 heteroatoms. The summed E-state index contributed by atoms with van der Waals surface area (Å²) in [5.74, 6) is -0.559. The van der Waals surface area contributed by atoms with Crippen molar-refractivity contribution in [1.29, 1.82) is 0 Å². The molecule has 0 spiro atoms. The van der Waals surface area contributed by atoms with Crippen molar-refractivity contribution in [2.75, 3.05) is 6.54 Å². The molecule has 1 heterocycles. The van der Waals surface area contributed by atoms with Crippen LogP contribution in [-0.4, -0.2) is 21.9 Å². The van der Waals surface area contributed by atoms with E-state index in [0.29, 0.717) is 6.42 Å². The molecule has 3 nitrogen and oxygen atoms in total. The van der Waals surface area contributed by atoms with Crippen molar-refractivity contribution in [2.24, 2.45) is 5.92 Å². The fourth-order valence-electron chi connectivity index (χ4n) is 1.55. The predicted octanol–water partition coefficient (Wildman–Crippen LogP) is 2.27. The summed E-state index contributed by atoms with van der Waals surface area (Å²) in [6, 6.07) is 3.70. The van der Waals surface area contributed by atoms with Crippen molar-refractivity contribution < 1.29 is 9.90 Å². The van der Waals surface area contributed by atoms with Crippen molar-refractivity contribution in [3.05, 3.63) is 22.4 Å². The topological polar surface area (TPSA) is 49.3 Å². The summed E-state index contributed by atoms with van der Waals surface area (Å²) in [7, 11) is 0. The highest BCUT2D eigenvalue weighted by molar-refractivity contribution is 7.10. The van der Waals surface area contributed by atoms with Crippen molar-refractivity contribution in [1.82, 2.24) is 5.32 Å². The van der Waals surface area contributed by atoms with Crippen LogP contribution in [0.25, 0.3) is 0 Å². The van der Waals surface area contributed by atoms with Gasteiger partial charge in [-0.3, -0.25) is 4.79 Å². The third-order valence-electron chi connectivity index (χ3n) is 2.80. The first kappa shape index (κ1) is 13.1. The van der Waals surface area contributed by atoms with Crippen LogP contribution in [0.1, 0.15) is 18.2 Å². The molecule has 1 aliphatic carbocycles. The Morgan fingerprint density at radius 2 is 2.41 bits per heavy atom. The zero-order valence-electron chi connectivity index (χ0n) is 9.24. The van der Waals surface area contributed by atoms with E-state index in [4.69, 9.17) is 23.2 Å². The van der Waals surface area contributed by atoms with Crippen LogP contribution < -0.4 is 5.32 Å². The minimum Gasteiger partial charge on any atom is -0.383 e. The van der Waals surface area contributed by atoms with E-state index in [1.54, 1.807) is 6.92 Å². The number of alkyl halides is 2. The van der Waals surface area contributed by atoms with Crippen LogP contribution in [0, 0.1) is 5.92 Å². The van der Waals surface area contributed by atoms with Gasteiger partial charge in [0, 0.05) is 4.88 Å². The highest BCUT2D eigenvalue weighted by Crippen LogP contribution is 2.53. The number of aliphatic hydroxyl groups is 1. The molecule has 0 bridgehead atoms. The number of hydrogen-bond donors (Lipinski definition) is 2. The molecule has 0 aliphatic heterocycles. The zero-order chi connectivity index (χ0) is 12.7. The molecule has 2 N–H and O–H groups in total. The molecule has 0 unspecified atom stereocenters. The van der Waals surface area contributed by atoms with Gasteiger partial charge >= 0.3 is 0 Å². The third kappa shape index (κ3) is 2.94. The van der Waals surface area contributed by atoms with Gasteiger partial charge in [0.15, 0.2) is 0 Å². The molecule has 2 atom stereocenters. The summed E-state index contributed by atoms with van der Waals surface area (Å²) in [5.41, 5.74) is -1.06. The van der Waals surface area contributed by atoms with Crippen LogP contribution in [0.3, 0.4) is 0 Å². The number of rotatable bonds is 4. The Labute approximate surface area is 114 Å². The van der Waals surface area contributed by atoms with E-state index >= 15 is 0 Å².